The molecule has 3 N–H and O–H groups in total. The van der Waals surface area contributed by atoms with Gasteiger partial charge in [-0.05, 0) is 86.3 Å². The average Bonchev–Trinajstić information content (AvgIpc) is 3.26. The Hall–Kier alpha value is -3.16. The molecule has 0 unspecified atom stereocenters. The normalized spacial score (nSPS) is 15.0. The number of piperidine rings is 1. The second kappa shape index (κ2) is 9.60. The van der Waals surface area contributed by atoms with Crippen LogP contribution in [0.5, 0.6) is 0 Å². The molecule has 1 aromatic carbocycles. The first-order valence-electron chi connectivity index (χ1n) is 10.6. The van der Waals surface area contributed by atoms with Gasteiger partial charge in [-0.2, -0.15) is 5.10 Å². The van der Waals surface area contributed by atoms with Crippen LogP contribution >= 0.6 is 23.5 Å². The Bertz CT molecular complexity index is 1390. The van der Waals surface area contributed by atoms with Crippen molar-refractivity contribution < 1.29 is 9.50 Å². The third kappa shape index (κ3) is 5.00. The summed E-state index contributed by atoms with van der Waals surface area (Å²) in [4.78, 5) is 9.47. The van der Waals surface area contributed by atoms with Crippen molar-refractivity contribution in [3.8, 4) is 23.1 Å². The summed E-state index contributed by atoms with van der Waals surface area (Å²) in [5.41, 5.74) is 2.25. The summed E-state index contributed by atoms with van der Waals surface area (Å²) in [6, 6.07) is 11.7. The van der Waals surface area contributed by atoms with Crippen molar-refractivity contribution in [2.75, 3.05) is 17.8 Å². The third-order valence-electron chi connectivity index (χ3n) is 5.44. The third-order valence-corrected chi connectivity index (χ3v) is 6.57. The summed E-state index contributed by atoms with van der Waals surface area (Å²) in [7, 11) is 0. The largest absolute Gasteiger partial charge is 0.377 e. The fourth-order valence-corrected chi connectivity index (χ4v) is 4.40. The van der Waals surface area contributed by atoms with Crippen LogP contribution in [0.1, 0.15) is 18.5 Å². The van der Waals surface area contributed by atoms with E-state index in [-0.39, 0.29) is 5.82 Å². The number of pyridine rings is 1. The molecule has 0 amide bonds. The summed E-state index contributed by atoms with van der Waals surface area (Å²) in [6.07, 6.45) is 4.45. The van der Waals surface area contributed by atoms with E-state index in [0.29, 0.717) is 40.7 Å². The quantitative estimate of drug-likeness (QED) is 0.223. The van der Waals surface area contributed by atoms with E-state index in [0.717, 1.165) is 23.5 Å². The number of aromatic nitrogens is 4. The molecule has 0 saturated carbocycles. The molecule has 0 atom stereocenters. The summed E-state index contributed by atoms with van der Waals surface area (Å²) in [5, 5.41) is 18.9. The molecule has 4 aromatic rings. The molecule has 1 aliphatic heterocycles. The Morgan fingerprint density at radius 1 is 1.12 bits per heavy atom. The molecule has 7 nitrogen and oxygen atoms in total. The van der Waals surface area contributed by atoms with Crippen LogP contribution in [0.4, 0.5) is 10.1 Å². The lowest BCUT2D eigenvalue weighted by Crippen LogP contribution is -2.40. The van der Waals surface area contributed by atoms with Gasteiger partial charge in [-0.3, -0.25) is 0 Å². The minimum atomic E-state index is -1.00. The van der Waals surface area contributed by atoms with E-state index in [9.17, 15) is 9.50 Å². The smallest absolute Gasteiger partial charge is 0.154 e. The van der Waals surface area contributed by atoms with Crippen LogP contribution in [0.2, 0.25) is 5.15 Å². The molecule has 1 fully saturated rings. The molecule has 0 spiro atoms. The topological polar surface area (TPSA) is 87.4 Å². The van der Waals surface area contributed by atoms with E-state index in [1.807, 2.05) is 18.2 Å². The molecule has 4 heterocycles. The highest BCUT2D eigenvalue weighted by Gasteiger charge is 2.26. The highest BCUT2D eigenvalue weighted by atomic mass is 35.5. The number of rotatable bonds is 4. The average molecular weight is 495 g/mol. The zero-order valence-electron chi connectivity index (χ0n) is 17.9. The number of nitrogens with zero attached hydrogens (tertiary/aromatic N) is 4. The minimum Gasteiger partial charge on any atom is -0.377 e. The van der Waals surface area contributed by atoms with Gasteiger partial charge < -0.3 is 15.1 Å². The Morgan fingerprint density at radius 2 is 1.91 bits per heavy atom. The van der Waals surface area contributed by atoms with Gasteiger partial charge in [0.05, 0.1) is 17.6 Å². The van der Waals surface area contributed by atoms with Crippen LogP contribution in [0.15, 0.2) is 59.8 Å². The molecule has 172 valence electrons. The van der Waals surface area contributed by atoms with Crippen molar-refractivity contribution in [3.63, 3.8) is 0 Å². The monoisotopic (exact) mass is 494 g/mol. The van der Waals surface area contributed by atoms with Gasteiger partial charge in [0.15, 0.2) is 10.8 Å². The predicted molar refractivity (Wildman–Crippen MR) is 131 cm³/mol. The number of aliphatic hydroxyl groups is 1. The minimum absolute atomic E-state index is 0.291. The summed E-state index contributed by atoms with van der Waals surface area (Å²) in [5.74, 6) is 5.76. The van der Waals surface area contributed by atoms with Gasteiger partial charge >= 0.3 is 0 Å². The number of halogens is 2. The number of nitrogens with one attached hydrogen (secondary N) is 2. The van der Waals surface area contributed by atoms with Crippen molar-refractivity contribution in [1.29, 1.82) is 0 Å². The second-order valence-corrected chi connectivity index (χ2v) is 9.12. The van der Waals surface area contributed by atoms with Crippen LogP contribution in [-0.2, 0) is 0 Å². The lowest BCUT2D eigenvalue weighted by atomic mass is 9.93. The van der Waals surface area contributed by atoms with Crippen LogP contribution in [-0.4, -0.2) is 43.4 Å². The van der Waals surface area contributed by atoms with Gasteiger partial charge in [-0.1, -0.05) is 17.5 Å². The summed E-state index contributed by atoms with van der Waals surface area (Å²) >= 11 is 7.58. The summed E-state index contributed by atoms with van der Waals surface area (Å²) in [6.45, 7) is 1.47. The summed E-state index contributed by atoms with van der Waals surface area (Å²) < 4.78 is 18.0. The predicted octanol–water partition coefficient (Wildman–Crippen LogP) is 4.17. The maximum atomic E-state index is 13.1. The number of anilines is 1. The number of hydrogen-bond donors (Lipinski definition) is 3. The van der Waals surface area contributed by atoms with Crippen molar-refractivity contribution in [1.82, 2.24) is 24.9 Å². The molecule has 1 saturated heterocycles. The van der Waals surface area contributed by atoms with Crippen LogP contribution in [0.25, 0.3) is 16.9 Å². The first kappa shape index (κ1) is 22.6. The lowest BCUT2D eigenvalue weighted by Gasteiger charge is -2.27. The van der Waals surface area contributed by atoms with Crippen molar-refractivity contribution in [3.05, 3.63) is 71.5 Å². The molecular formula is C24H20ClFN6OS. The van der Waals surface area contributed by atoms with Gasteiger partial charge in [0.2, 0.25) is 0 Å². The number of benzene rings is 1. The van der Waals surface area contributed by atoms with Gasteiger partial charge in [-0.15, -0.1) is 0 Å². The van der Waals surface area contributed by atoms with E-state index in [1.54, 1.807) is 29.0 Å². The van der Waals surface area contributed by atoms with Gasteiger partial charge in [0.1, 0.15) is 17.1 Å². The molecule has 5 rings (SSSR count). The maximum Gasteiger partial charge on any atom is 0.154 e. The first-order valence-corrected chi connectivity index (χ1v) is 11.8. The van der Waals surface area contributed by atoms with Crippen LogP contribution in [0.3, 0.4) is 0 Å². The number of hydrogen-bond acceptors (Lipinski definition) is 7. The Labute approximate surface area is 204 Å². The van der Waals surface area contributed by atoms with E-state index < -0.39 is 5.60 Å². The maximum absolute atomic E-state index is 13.1. The van der Waals surface area contributed by atoms with E-state index in [2.05, 4.69) is 36.9 Å². The molecular weight excluding hydrogens is 475 g/mol. The Kier molecular flexibility index (Phi) is 6.39. The zero-order valence-corrected chi connectivity index (χ0v) is 19.5. The highest BCUT2D eigenvalue weighted by Crippen LogP contribution is 2.30. The molecule has 0 radical (unpaired) electrons. The second-order valence-electron chi connectivity index (χ2n) is 7.88. The molecule has 1 aliphatic rings. The van der Waals surface area contributed by atoms with E-state index >= 15 is 0 Å². The fourth-order valence-electron chi connectivity index (χ4n) is 3.53. The molecule has 0 aliphatic carbocycles. The van der Waals surface area contributed by atoms with Gasteiger partial charge in [-0.25, -0.2) is 18.9 Å². The van der Waals surface area contributed by atoms with Gasteiger partial charge in [0, 0.05) is 16.7 Å². The molecule has 3 aromatic heterocycles. The molecule has 34 heavy (non-hydrogen) atoms. The van der Waals surface area contributed by atoms with Crippen molar-refractivity contribution in [2.24, 2.45) is 0 Å². The van der Waals surface area contributed by atoms with Crippen LogP contribution < -0.4 is 10.0 Å². The van der Waals surface area contributed by atoms with E-state index in [4.69, 9.17) is 11.6 Å². The Balaban J connectivity index is 1.41. The first-order chi connectivity index (χ1) is 16.5. The zero-order chi connectivity index (χ0) is 23.5. The van der Waals surface area contributed by atoms with Crippen molar-refractivity contribution in [2.45, 2.75) is 23.3 Å². The molecule has 0 bridgehead atoms. The van der Waals surface area contributed by atoms with Gasteiger partial charge in [0.25, 0.3) is 0 Å². The number of imidazole rings is 1. The Morgan fingerprint density at radius 3 is 2.71 bits per heavy atom. The van der Waals surface area contributed by atoms with Crippen molar-refractivity contribution >= 4 is 34.9 Å². The lowest BCUT2D eigenvalue weighted by molar-refractivity contribution is 0.0679. The van der Waals surface area contributed by atoms with Crippen LogP contribution in [0, 0.1) is 17.7 Å². The standard InChI is InChI=1S/C24H20ClFN6OS/c25-23-21(31-34-19-3-1-17(26)2-4-19)13-16(14-29-23)20-5-6-22-28-15-18(32(22)30-20)7-8-24(33)9-11-27-12-10-24/h1-6,13-15,27,31,33H,9-12H2. The fraction of sp³-hybridized carbons (Fsp3) is 0.208. The van der Waals surface area contributed by atoms with E-state index in [1.165, 1.54) is 24.1 Å². The molecule has 10 heteroatoms. The highest BCUT2D eigenvalue weighted by molar-refractivity contribution is 8.00. The SMILES string of the molecule is OC1(C#Cc2cnc3ccc(-c4cnc(Cl)c(NSc5ccc(F)cc5)c4)nn23)CCNCC1. The number of fused-ring (bicyclic) bond motifs is 1.